The van der Waals surface area contributed by atoms with Gasteiger partial charge >= 0.3 is 0 Å². The highest BCUT2D eigenvalue weighted by molar-refractivity contribution is 7.90. The molecule has 0 saturated carbocycles. The van der Waals surface area contributed by atoms with E-state index in [2.05, 4.69) is 15.4 Å². The van der Waals surface area contributed by atoms with E-state index in [0.29, 0.717) is 33.9 Å². The lowest BCUT2D eigenvalue weighted by molar-refractivity contribution is 0.101. The summed E-state index contributed by atoms with van der Waals surface area (Å²) < 4.78 is 25.7. The van der Waals surface area contributed by atoms with Crippen LogP contribution in [-0.2, 0) is 9.84 Å². The summed E-state index contributed by atoms with van der Waals surface area (Å²) >= 11 is 0. The third-order valence-electron chi connectivity index (χ3n) is 5.07. The second-order valence-electron chi connectivity index (χ2n) is 7.70. The lowest BCUT2D eigenvalue weighted by Gasteiger charge is -2.10. The first kappa shape index (κ1) is 22.9. The maximum absolute atomic E-state index is 13.0. The molecule has 172 valence electrons. The number of sulfone groups is 1. The first-order valence-corrected chi connectivity index (χ1v) is 12.1. The van der Waals surface area contributed by atoms with Crippen molar-refractivity contribution in [1.29, 1.82) is 5.41 Å². The molecule has 0 bridgehead atoms. The molecule has 0 spiro atoms. The fourth-order valence-electron chi connectivity index (χ4n) is 3.50. The van der Waals surface area contributed by atoms with Gasteiger partial charge in [-0.05, 0) is 43.3 Å². The minimum absolute atomic E-state index is 0.0848. The maximum atomic E-state index is 13.0. The van der Waals surface area contributed by atoms with E-state index >= 15 is 0 Å². The van der Waals surface area contributed by atoms with Gasteiger partial charge in [0, 0.05) is 29.1 Å². The Morgan fingerprint density at radius 2 is 1.82 bits per heavy atom. The standard InChI is InChI=1S/C24H22N6O3S/c1-15-12-20(30(29-15)18-7-5-6-16(13-18)23(25)26)24(31)28-22-11-10-17(14-27-22)19-8-3-4-9-21(19)34(2,32)33/h3-14H,1-2H3,(H3,25,26)(H,27,28,31). The van der Waals surface area contributed by atoms with Gasteiger partial charge < -0.3 is 11.1 Å². The molecule has 4 N–H and O–H groups in total. The third-order valence-corrected chi connectivity index (χ3v) is 6.22. The molecule has 0 radical (unpaired) electrons. The minimum Gasteiger partial charge on any atom is -0.384 e. The van der Waals surface area contributed by atoms with Gasteiger partial charge in [0.25, 0.3) is 5.91 Å². The molecule has 2 aromatic heterocycles. The van der Waals surface area contributed by atoms with E-state index in [1.54, 1.807) is 73.7 Å². The number of hydrogen-bond donors (Lipinski definition) is 3. The molecule has 0 fully saturated rings. The minimum atomic E-state index is -3.41. The van der Waals surface area contributed by atoms with E-state index in [1.165, 1.54) is 10.9 Å². The molecule has 34 heavy (non-hydrogen) atoms. The van der Waals surface area contributed by atoms with Gasteiger partial charge in [0.05, 0.1) is 16.3 Å². The predicted octanol–water partition coefficient (Wildman–Crippen LogP) is 3.18. The zero-order chi connectivity index (χ0) is 24.5. The number of aryl methyl sites for hydroxylation is 1. The SMILES string of the molecule is Cc1cc(C(=O)Nc2ccc(-c3ccccc3S(C)(=O)=O)cn2)n(-c2cccc(C(=N)N)c2)n1. The Morgan fingerprint density at radius 3 is 2.50 bits per heavy atom. The second-order valence-corrected chi connectivity index (χ2v) is 9.69. The van der Waals surface area contributed by atoms with Gasteiger partial charge in [0.2, 0.25) is 0 Å². The normalized spacial score (nSPS) is 11.2. The summed E-state index contributed by atoms with van der Waals surface area (Å²) in [5, 5.41) is 14.8. The molecule has 1 amide bonds. The number of nitrogens with one attached hydrogen (secondary N) is 2. The Bertz CT molecular complexity index is 1510. The van der Waals surface area contributed by atoms with Crippen molar-refractivity contribution in [3.63, 3.8) is 0 Å². The van der Waals surface area contributed by atoms with Crippen LogP contribution in [0.25, 0.3) is 16.8 Å². The van der Waals surface area contributed by atoms with Crippen molar-refractivity contribution in [2.45, 2.75) is 11.8 Å². The number of aromatic nitrogens is 3. The van der Waals surface area contributed by atoms with Crippen LogP contribution in [0.2, 0.25) is 0 Å². The molecule has 9 nitrogen and oxygen atoms in total. The number of nitrogens with zero attached hydrogens (tertiary/aromatic N) is 3. The number of nitrogen functional groups attached to an aromatic ring is 1. The van der Waals surface area contributed by atoms with Crippen LogP contribution in [0.3, 0.4) is 0 Å². The van der Waals surface area contributed by atoms with E-state index in [-0.39, 0.29) is 16.4 Å². The topological polar surface area (TPSA) is 144 Å². The fraction of sp³-hybridized carbons (Fsp3) is 0.0833. The fourth-order valence-corrected chi connectivity index (χ4v) is 4.41. The van der Waals surface area contributed by atoms with Crippen molar-refractivity contribution in [3.8, 4) is 16.8 Å². The van der Waals surface area contributed by atoms with Gasteiger partial charge in [-0.1, -0.05) is 30.3 Å². The Hall–Kier alpha value is -4.31. The highest BCUT2D eigenvalue weighted by atomic mass is 32.2. The smallest absolute Gasteiger partial charge is 0.275 e. The summed E-state index contributed by atoms with van der Waals surface area (Å²) in [5.41, 5.74) is 8.76. The van der Waals surface area contributed by atoms with Gasteiger partial charge in [-0.2, -0.15) is 5.10 Å². The third kappa shape index (κ3) is 4.71. The van der Waals surface area contributed by atoms with Crippen molar-refractivity contribution in [2.24, 2.45) is 5.73 Å². The number of nitrogens with two attached hydrogens (primary N) is 1. The number of carbonyl (C=O) groups excluding carboxylic acids is 1. The maximum Gasteiger partial charge on any atom is 0.275 e. The lowest BCUT2D eigenvalue weighted by atomic mass is 10.1. The van der Waals surface area contributed by atoms with Crippen molar-refractivity contribution in [3.05, 3.63) is 89.9 Å². The van der Waals surface area contributed by atoms with Crippen LogP contribution in [0, 0.1) is 12.3 Å². The molecule has 2 aromatic carbocycles. The molecule has 0 aliphatic carbocycles. The monoisotopic (exact) mass is 474 g/mol. The molecular formula is C24H22N6O3S. The Labute approximate surface area is 196 Å². The summed E-state index contributed by atoms with van der Waals surface area (Å²) in [6, 6.07) is 18.5. The number of carbonyl (C=O) groups is 1. The Morgan fingerprint density at radius 1 is 1.06 bits per heavy atom. The van der Waals surface area contributed by atoms with Crippen LogP contribution in [0.4, 0.5) is 5.82 Å². The highest BCUT2D eigenvalue weighted by Crippen LogP contribution is 2.27. The quantitative estimate of drug-likeness (QED) is 0.289. The molecule has 10 heteroatoms. The molecule has 4 rings (SSSR count). The summed E-state index contributed by atoms with van der Waals surface area (Å²) in [6.45, 7) is 1.77. The number of hydrogen-bond acceptors (Lipinski definition) is 6. The van der Waals surface area contributed by atoms with Crippen LogP contribution in [0.1, 0.15) is 21.7 Å². The van der Waals surface area contributed by atoms with Crippen LogP contribution in [-0.4, -0.2) is 41.2 Å². The second kappa shape index (κ2) is 8.91. The van der Waals surface area contributed by atoms with Crippen molar-refractivity contribution in [1.82, 2.24) is 14.8 Å². The number of pyridine rings is 1. The zero-order valence-corrected chi connectivity index (χ0v) is 19.3. The number of amidine groups is 1. The van der Waals surface area contributed by atoms with E-state index in [1.807, 2.05) is 0 Å². The molecule has 2 heterocycles. The summed E-state index contributed by atoms with van der Waals surface area (Å²) in [5.74, 6) is -0.211. The first-order chi connectivity index (χ1) is 16.1. The van der Waals surface area contributed by atoms with E-state index in [9.17, 15) is 13.2 Å². The number of rotatable bonds is 6. The van der Waals surface area contributed by atoms with E-state index < -0.39 is 15.7 Å². The number of anilines is 1. The van der Waals surface area contributed by atoms with Crippen LogP contribution < -0.4 is 11.1 Å². The van der Waals surface area contributed by atoms with Gasteiger partial charge in [-0.15, -0.1) is 0 Å². The summed E-state index contributed by atoms with van der Waals surface area (Å²) in [6.07, 6.45) is 2.67. The highest BCUT2D eigenvalue weighted by Gasteiger charge is 2.18. The summed E-state index contributed by atoms with van der Waals surface area (Å²) in [7, 11) is -3.41. The average molecular weight is 475 g/mol. The number of benzene rings is 2. The average Bonchev–Trinajstić information content (AvgIpc) is 3.21. The van der Waals surface area contributed by atoms with E-state index in [4.69, 9.17) is 11.1 Å². The molecule has 0 aliphatic rings. The van der Waals surface area contributed by atoms with Gasteiger partial charge in [-0.25, -0.2) is 18.1 Å². The molecule has 0 aliphatic heterocycles. The lowest BCUT2D eigenvalue weighted by Crippen LogP contribution is -2.18. The van der Waals surface area contributed by atoms with Crippen molar-refractivity contribution < 1.29 is 13.2 Å². The molecular weight excluding hydrogens is 452 g/mol. The summed E-state index contributed by atoms with van der Waals surface area (Å²) in [4.78, 5) is 17.5. The molecule has 0 unspecified atom stereocenters. The Kier molecular flexibility index (Phi) is 5.99. The van der Waals surface area contributed by atoms with Crippen LogP contribution in [0.5, 0.6) is 0 Å². The van der Waals surface area contributed by atoms with Crippen molar-refractivity contribution in [2.75, 3.05) is 11.6 Å². The zero-order valence-electron chi connectivity index (χ0n) is 18.5. The molecule has 0 atom stereocenters. The van der Waals surface area contributed by atoms with Gasteiger partial charge in [0.15, 0.2) is 9.84 Å². The van der Waals surface area contributed by atoms with Gasteiger partial charge in [0.1, 0.15) is 17.3 Å². The Balaban J connectivity index is 1.61. The largest absolute Gasteiger partial charge is 0.384 e. The van der Waals surface area contributed by atoms with Crippen molar-refractivity contribution >= 4 is 27.4 Å². The van der Waals surface area contributed by atoms with Crippen LogP contribution in [0.15, 0.2) is 77.8 Å². The molecule has 0 saturated heterocycles. The number of amides is 1. The van der Waals surface area contributed by atoms with Crippen LogP contribution >= 0.6 is 0 Å². The van der Waals surface area contributed by atoms with E-state index in [0.717, 1.165) is 6.26 Å². The molecule has 4 aromatic rings. The predicted molar refractivity (Wildman–Crippen MR) is 130 cm³/mol. The first-order valence-electron chi connectivity index (χ1n) is 10.2. The van der Waals surface area contributed by atoms with Gasteiger partial charge in [-0.3, -0.25) is 10.2 Å².